The van der Waals surface area contributed by atoms with E-state index in [2.05, 4.69) is 15.5 Å². The summed E-state index contributed by atoms with van der Waals surface area (Å²) in [6.07, 6.45) is -1.97. The minimum atomic E-state index is -4.61. The van der Waals surface area contributed by atoms with Gasteiger partial charge in [0.25, 0.3) is 5.91 Å². The van der Waals surface area contributed by atoms with E-state index in [-0.39, 0.29) is 11.7 Å². The average Bonchev–Trinajstić information content (AvgIpc) is 2.53. The number of hydrogen-bond acceptors (Lipinski definition) is 2. The highest BCUT2D eigenvalue weighted by atomic mass is 19.4. The third kappa shape index (κ3) is 2.27. The molecule has 7 heteroatoms. The molecule has 1 heterocycles. The Morgan fingerprint density at radius 3 is 2.59 bits per heavy atom. The van der Waals surface area contributed by atoms with Crippen LogP contribution in [0.4, 0.5) is 13.2 Å². The van der Waals surface area contributed by atoms with Gasteiger partial charge in [0.15, 0.2) is 5.69 Å². The van der Waals surface area contributed by atoms with Gasteiger partial charge in [0.05, 0.1) is 5.56 Å². The van der Waals surface area contributed by atoms with Crippen LogP contribution in [0.1, 0.15) is 41.0 Å². The lowest BCUT2D eigenvalue weighted by Crippen LogP contribution is -2.40. The maximum absolute atomic E-state index is 12.6. The predicted molar refractivity (Wildman–Crippen MR) is 53.4 cm³/mol. The minimum Gasteiger partial charge on any atom is -0.349 e. The average molecular weight is 247 g/mol. The lowest BCUT2D eigenvalue weighted by Gasteiger charge is -2.26. The van der Waals surface area contributed by atoms with Crippen LogP contribution < -0.4 is 5.32 Å². The lowest BCUT2D eigenvalue weighted by atomic mass is 9.93. The Bertz CT molecular complexity index is 434. The molecule has 0 unspecified atom stereocenters. The number of amides is 1. The molecule has 1 aliphatic carbocycles. The third-order valence-corrected chi connectivity index (χ3v) is 2.88. The lowest BCUT2D eigenvalue weighted by molar-refractivity contribution is -0.141. The first-order chi connectivity index (χ1) is 7.89. The van der Waals surface area contributed by atoms with Crippen LogP contribution in [0, 0.1) is 6.92 Å². The predicted octanol–water partition coefficient (Wildman–Crippen LogP) is 2.02. The van der Waals surface area contributed by atoms with Crippen molar-refractivity contribution in [3.05, 3.63) is 17.0 Å². The number of aryl methyl sites for hydroxylation is 1. The molecule has 1 fully saturated rings. The van der Waals surface area contributed by atoms with Crippen LogP contribution in [-0.4, -0.2) is 22.1 Å². The molecule has 94 valence electrons. The first-order valence-electron chi connectivity index (χ1n) is 5.32. The summed E-state index contributed by atoms with van der Waals surface area (Å²) in [4.78, 5) is 11.7. The zero-order valence-corrected chi connectivity index (χ0v) is 9.19. The Morgan fingerprint density at radius 1 is 1.47 bits per heavy atom. The van der Waals surface area contributed by atoms with E-state index in [1.165, 1.54) is 6.92 Å². The second-order valence-corrected chi connectivity index (χ2v) is 4.17. The molecule has 0 aromatic carbocycles. The number of carbonyl (C=O) groups excluding carboxylic acids is 1. The molecule has 1 aromatic heterocycles. The van der Waals surface area contributed by atoms with Crippen molar-refractivity contribution in [3.8, 4) is 0 Å². The molecule has 1 aliphatic rings. The summed E-state index contributed by atoms with van der Waals surface area (Å²) in [6, 6.07) is -0.00196. The van der Waals surface area contributed by atoms with Crippen LogP contribution in [0.15, 0.2) is 0 Å². The Kier molecular flexibility index (Phi) is 2.84. The zero-order chi connectivity index (χ0) is 12.6. The zero-order valence-electron chi connectivity index (χ0n) is 9.19. The molecule has 0 saturated heterocycles. The number of nitrogens with zero attached hydrogens (tertiary/aromatic N) is 1. The number of aromatic amines is 1. The number of hydrogen-bond donors (Lipinski definition) is 2. The topological polar surface area (TPSA) is 57.8 Å². The van der Waals surface area contributed by atoms with E-state index in [0.717, 1.165) is 19.3 Å². The van der Waals surface area contributed by atoms with E-state index < -0.39 is 23.3 Å². The molecule has 0 spiro atoms. The van der Waals surface area contributed by atoms with Crippen molar-refractivity contribution in [2.24, 2.45) is 0 Å². The fourth-order valence-corrected chi connectivity index (χ4v) is 1.72. The van der Waals surface area contributed by atoms with Gasteiger partial charge < -0.3 is 5.32 Å². The van der Waals surface area contributed by atoms with Crippen molar-refractivity contribution >= 4 is 5.91 Å². The van der Waals surface area contributed by atoms with Crippen molar-refractivity contribution < 1.29 is 18.0 Å². The SMILES string of the molecule is Cc1[nH]nc(C(F)(F)F)c1C(=O)NC1CCC1. The van der Waals surface area contributed by atoms with Crippen molar-refractivity contribution in [2.45, 2.75) is 38.4 Å². The number of rotatable bonds is 2. The second-order valence-electron chi connectivity index (χ2n) is 4.17. The van der Waals surface area contributed by atoms with Gasteiger partial charge in [0.2, 0.25) is 0 Å². The molecule has 0 bridgehead atoms. The Balaban J connectivity index is 2.23. The number of aromatic nitrogens is 2. The van der Waals surface area contributed by atoms with Gasteiger partial charge in [-0.25, -0.2) is 0 Å². The summed E-state index contributed by atoms with van der Waals surface area (Å²) >= 11 is 0. The molecule has 0 radical (unpaired) electrons. The van der Waals surface area contributed by atoms with Crippen LogP contribution in [-0.2, 0) is 6.18 Å². The van der Waals surface area contributed by atoms with E-state index in [1.807, 2.05) is 0 Å². The second kappa shape index (κ2) is 4.05. The highest BCUT2D eigenvalue weighted by Crippen LogP contribution is 2.31. The molecule has 1 amide bonds. The summed E-state index contributed by atoms with van der Waals surface area (Å²) in [6.45, 7) is 1.40. The van der Waals surface area contributed by atoms with Crippen LogP contribution in [0.2, 0.25) is 0 Å². The first-order valence-corrected chi connectivity index (χ1v) is 5.32. The standard InChI is InChI=1S/C10H12F3N3O/c1-5-7(8(16-15-5)10(11,12)13)9(17)14-6-3-2-4-6/h6H,2-4H2,1H3,(H,14,17)(H,15,16). The summed E-state index contributed by atoms with van der Waals surface area (Å²) in [5, 5.41) is 7.92. The molecular weight excluding hydrogens is 235 g/mol. The summed E-state index contributed by atoms with van der Waals surface area (Å²) in [5.74, 6) is -0.701. The Morgan fingerprint density at radius 2 is 2.12 bits per heavy atom. The van der Waals surface area contributed by atoms with E-state index in [1.54, 1.807) is 0 Å². The molecule has 2 rings (SSSR count). The van der Waals surface area contributed by atoms with Crippen LogP contribution in [0.25, 0.3) is 0 Å². The highest BCUT2D eigenvalue weighted by Gasteiger charge is 2.40. The summed E-state index contributed by atoms with van der Waals surface area (Å²) < 4.78 is 37.8. The summed E-state index contributed by atoms with van der Waals surface area (Å²) in [5.41, 5.74) is -1.41. The van der Waals surface area contributed by atoms with Crippen molar-refractivity contribution in [1.29, 1.82) is 0 Å². The summed E-state index contributed by atoms with van der Waals surface area (Å²) in [7, 11) is 0. The molecule has 0 aliphatic heterocycles. The normalized spacial score (nSPS) is 16.7. The molecule has 2 N–H and O–H groups in total. The molecule has 4 nitrogen and oxygen atoms in total. The fourth-order valence-electron chi connectivity index (χ4n) is 1.72. The maximum atomic E-state index is 12.6. The smallest absolute Gasteiger partial charge is 0.349 e. The van der Waals surface area contributed by atoms with Gasteiger partial charge >= 0.3 is 6.18 Å². The maximum Gasteiger partial charge on any atom is 0.435 e. The first kappa shape index (κ1) is 11.9. The quantitative estimate of drug-likeness (QED) is 0.840. The van der Waals surface area contributed by atoms with E-state index in [0.29, 0.717) is 0 Å². The van der Waals surface area contributed by atoms with Crippen LogP contribution in [0.3, 0.4) is 0 Å². The monoisotopic (exact) mass is 247 g/mol. The van der Waals surface area contributed by atoms with E-state index >= 15 is 0 Å². The van der Waals surface area contributed by atoms with E-state index in [9.17, 15) is 18.0 Å². The largest absolute Gasteiger partial charge is 0.435 e. The van der Waals surface area contributed by atoms with Crippen LogP contribution in [0.5, 0.6) is 0 Å². The van der Waals surface area contributed by atoms with Gasteiger partial charge in [-0.15, -0.1) is 0 Å². The van der Waals surface area contributed by atoms with Gasteiger partial charge in [0, 0.05) is 11.7 Å². The number of alkyl halides is 3. The Hall–Kier alpha value is -1.53. The van der Waals surface area contributed by atoms with Gasteiger partial charge in [-0.1, -0.05) is 0 Å². The number of nitrogens with one attached hydrogen (secondary N) is 2. The van der Waals surface area contributed by atoms with Gasteiger partial charge in [-0.2, -0.15) is 18.3 Å². The van der Waals surface area contributed by atoms with Crippen molar-refractivity contribution in [1.82, 2.24) is 15.5 Å². The molecule has 0 atom stereocenters. The molecule has 17 heavy (non-hydrogen) atoms. The van der Waals surface area contributed by atoms with E-state index in [4.69, 9.17) is 0 Å². The third-order valence-electron chi connectivity index (χ3n) is 2.88. The minimum absolute atomic E-state index is 0.00196. The van der Waals surface area contributed by atoms with Gasteiger partial charge in [-0.3, -0.25) is 9.89 Å². The van der Waals surface area contributed by atoms with Gasteiger partial charge in [0.1, 0.15) is 0 Å². The van der Waals surface area contributed by atoms with Crippen molar-refractivity contribution in [2.75, 3.05) is 0 Å². The molecule has 1 aromatic rings. The van der Waals surface area contributed by atoms with Gasteiger partial charge in [-0.05, 0) is 26.2 Å². The van der Waals surface area contributed by atoms with Crippen molar-refractivity contribution in [3.63, 3.8) is 0 Å². The Labute approximate surface area is 95.6 Å². The van der Waals surface area contributed by atoms with Crippen LogP contribution >= 0.6 is 0 Å². The number of halogens is 3. The molecule has 1 saturated carbocycles. The molecular formula is C10H12F3N3O. The highest BCUT2D eigenvalue weighted by molar-refractivity contribution is 5.96. The fraction of sp³-hybridized carbons (Fsp3) is 0.600. The number of H-pyrrole nitrogens is 1. The number of carbonyl (C=O) groups is 1.